The van der Waals surface area contributed by atoms with E-state index in [0.717, 1.165) is 30.9 Å². The number of hydrogen-bond acceptors (Lipinski definition) is 4. The first-order valence-electron chi connectivity index (χ1n) is 6.66. The maximum atomic E-state index is 10.8. The molecule has 1 aliphatic rings. The highest BCUT2D eigenvalue weighted by Crippen LogP contribution is 2.27. The van der Waals surface area contributed by atoms with Crippen LogP contribution in [0.5, 0.6) is 0 Å². The molecule has 1 N–H and O–H groups in total. The number of nitrogens with zero attached hydrogens (tertiary/aromatic N) is 3. The van der Waals surface area contributed by atoms with Crippen LogP contribution in [0.15, 0.2) is 18.2 Å². The number of aromatic nitrogens is 2. The molecule has 0 saturated carbocycles. The Morgan fingerprint density at radius 3 is 3.10 bits per heavy atom. The molecule has 1 unspecified atom stereocenters. The summed E-state index contributed by atoms with van der Waals surface area (Å²) < 4.78 is 0. The molecule has 2 aromatic rings. The van der Waals surface area contributed by atoms with E-state index in [1.54, 1.807) is 6.07 Å². The normalized spacial score (nSPS) is 19.4. The molecule has 20 heavy (non-hydrogen) atoms. The Morgan fingerprint density at radius 2 is 2.35 bits per heavy atom. The number of nitrogens with one attached hydrogen (secondary N) is 1. The van der Waals surface area contributed by atoms with Crippen LogP contribution < -0.4 is 4.90 Å². The summed E-state index contributed by atoms with van der Waals surface area (Å²) in [4.78, 5) is 20.3. The molecule has 1 aliphatic heterocycles. The van der Waals surface area contributed by atoms with Gasteiger partial charge in [0, 0.05) is 30.6 Å². The van der Waals surface area contributed by atoms with Crippen molar-refractivity contribution in [1.82, 2.24) is 9.97 Å². The number of nitro benzene ring substituents is 1. The number of benzene rings is 1. The second kappa shape index (κ2) is 5.28. The molecule has 0 aliphatic carbocycles. The first-order chi connectivity index (χ1) is 9.69. The molecule has 2 heterocycles. The Bertz CT molecular complexity index is 642. The number of piperidine rings is 1. The van der Waals surface area contributed by atoms with Crippen molar-refractivity contribution in [3.8, 4) is 0 Å². The highest BCUT2D eigenvalue weighted by Gasteiger charge is 2.24. The summed E-state index contributed by atoms with van der Waals surface area (Å²) in [5.74, 6) is 1.32. The molecular weight excluding hydrogens is 280 g/mol. The van der Waals surface area contributed by atoms with Gasteiger partial charge in [0.2, 0.25) is 5.95 Å². The van der Waals surface area contributed by atoms with Crippen molar-refractivity contribution in [2.24, 2.45) is 0 Å². The maximum absolute atomic E-state index is 10.8. The number of halogens is 1. The molecule has 1 fully saturated rings. The fourth-order valence-corrected chi connectivity index (χ4v) is 2.99. The second-order valence-electron chi connectivity index (χ2n) is 5.02. The van der Waals surface area contributed by atoms with Crippen LogP contribution in [0.2, 0.25) is 0 Å². The summed E-state index contributed by atoms with van der Waals surface area (Å²) in [7, 11) is 0. The van der Waals surface area contributed by atoms with E-state index in [4.69, 9.17) is 11.6 Å². The third-order valence-electron chi connectivity index (χ3n) is 3.74. The van der Waals surface area contributed by atoms with Crippen molar-refractivity contribution in [2.75, 3.05) is 17.3 Å². The highest BCUT2D eigenvalue weighted by atomic mass is 35.5. The molecule has 106 valence electrons. The molecule has 0 amide bonds. The maximum Gasteiger partial charge on any atom is 0.271 e. The summed E-state index contributed by atoms with van der Waals surface area (Å²) in [5.41, 5.74) is 1.50. The van der Waals surface area contributed by atoms with Gasteiger partial charge in [0.1, 0.15) is 0 Å². The van der Waals surface area contributed by atoms with Gasteiger partial charge in [0.05, 0.1) is 16.0 Å². The molecule has 1 aromatic heterocycles. The van der Waals surface area contributed by atoms with Crippen molar-refractivity contribution in [2.45, 2.75) is 25.3 Å². The number of alkyl halides is 1. The predicted molar refractivity (Wildman–Crippen MR) is 78.5 cm³/mol. The van der Waals surface area contributed by atoms with Crippen LogP contribution in [-0.2, 0) is 0 Å². The lowest BCUT2D eigenvalue weighted by molar-refractivity contribution is -0.384. The Kier molecular flexibility index (Phi) is 3.48. The summed E-state index contributed by atoms with van der Waals surface area (Å²) in [6.07, 6.45) is 3.35. The van der Waals surface area contributed by atoms with Gasteiger partial charge < -0.3 is 9.88 Å². The van der Waals surface area contributed by atoms with E-state index in [1.165, 1.54) is 18.6 Å². The lowest BCUT2D eigenvalue weighted by Gasteiger charge is -2.34. The van der Waals surface area contributed by atoms with Crippen molar-refractivity contribution < 1.29 is 4.92 Å². The predicted octanol–water partition coefficient (Wildman–Crippen LogP) is 3.07. The average Bonchev–Trinajstić information content (AvgIpc) is 2.89. The van der Waals surface area contributed by atoms with E-state index < -0.39 is 4.92 Å². The van der Waals surface area contributed by atoms with Crippen LogP contribution in [-0.4, -0.2) is 33.4 Å². The van der Waals surface area contributed by atoms with E-state index in [1.807, 2.05) is 0 Å². The minimum absolute atomic E-state index is 0.0697. The number of rotatable bonds is 3. The lowest BCUT2D eigenvalue weighted by Crippen LogP contribution is -2.41. The third kappa shape index (κ3) is 2.31. The minimum Gasteiger partial charge on any atom is -0.338 e. The van der Waals surface area contributed by atoms with Crippen LogP contribution in [0.25, 0.3) is 11.0 Å². The van der Waals surface area contributed by atoms with Gasteiger partial charge in [0.15, 0.2) is 0 Å². The molecular formula is C13H15ClN4O2. The first-order valence-corrected chi connectivity index (χ1v) is 7.19. The molecule has 1 saturated heterocycles. The number of non-ortho nitro benzene ring substituents is 1. The monoisotopic (exact) mass is 294 g/mol. The van der Waals surface area contributed by atoms with E-state index in [-0.39, 0.29) is 11.7 Å². The zero-order chi connectivity index (χ0) is 14.1. The fraction of sp³-hybridized carbons (Fsp3) is 0.462. The van der Waals surface area contributed by atoms with Crippen molar-refractivity contribution >= 4 is 34.3 Å². The first kappa shape index (κ1) is 13.2. The molecule has 0 radical (unpaired) electrons. The number of fused-ring (bicyclic) bond motifs is 1. The number of nitro groups is 1. The molecule has 3 rings (SSSR count). The van der Waals surface area contributed by atoms with E-state index in [0.29, 0.717) is 11.4 Å². The van der Waals surface area contributed by atoms with Gasteiger partial charge in [-0.05, 0) is 25.3 Å². The largest absolute Gasteiger partial charge is 0.338 e. The number of aromatic amines is 1. The quantitative estimate of drug-likeness (QED) is 0.536. The summed E-state index contributed by atoms with van der Waals surface area (Å²) >= 11 is 6.02. The van der Waals surface area contributed by atoms with Gasteiger partial charge in [0.25, 0.3) is 5.69 Å². The smallest absolute Gasteiger partial charge is 0.271 e. The van der Waals surface area contributed by atoms with Gasteiger partial charge in [-0.15, -0.1) is 11.6 Å². The van der Waals surface area contributed by atoms with Crippen LogP contribution in [0.3, 0.4) is 0 Å². The Hall–Kier alpha value is -1.82. The van der Waals surface area contributed by atoms with Gasteiger partial charge in [-0.3, -0.25) is 10.1 Å². The number of H-pyrrole nitrogens is 1. The molecule has 1 aromatic carbocycles. The molecule has 0 spiro atoms. The van der Waals surface area contributed by atoms with Gasteiger partial charge in [-0.25, -0.2) is 4.98 Å². The van der Waals surface area contributed by atoms with Crippen LogP contribution >= 0.6 is 11.6 Å². The lowest BCUT2D eigenvalue weighted by atomic mass is 10.0. The van der Waals surface area contributed by atoms with Gasteiger partial charge >= 0.3 is 0 Å². The SMILES string of the molecule is O=[N+]([O-])c1ccc2nc(N3CCCCC3CCl)[nH]c2c1. The topological polar surface area (TPSA) is 75.1 Å². The van der Waals surface area contributed by atoms with Crippen molar-refractivity contribution in [3.05, 3.63) is 28.3 Å². The van der Waals surface area contributed by atoms with Crippen LogP contribution in [0, 0.1) is 10.1 Å². The van der Waals surface area contributed by atoms with Gasteiger partial charge in [-0.1, -0.05) is 0 Å². The van der Waals surface area contributed by atoms with E-state index in [2.05, 4.69) is 14.9 Å². The van der Waals surface area contributed by atoms with Crippen molar-refractivity contribution in [3.63, 3.8) is 0 Å². The Morgan fingerprint density at radius 1 is 1.50 bits per heavy atom. The average molecular weight is 295 g/mol. The van der Waals surface area contributed by atoms with Crippen LogP contribution in [0.4, 0.5) is 11.6 Å². The second-order valence-corrected chi connectivity index (χ2v) is 5.32. The molecule has 0 bridgehead atoms. The Labute approximate surface area is 120 Å². The zero-order valence-electron chi connectivity index (χ0n) is 10.9. The van der Waals surface area contributed by atoms with E-state index in [9.17, 15) is 10.1 Å². The number of imidazole rings is 1. The standard InChI is InChI=1S/C13H15ClN4O2/c14-8-10-3-1-2-6-17(10)13-15-11-5-4-9(18(19)20)7-12(11)16-13/h4-5,7,10H,1-3,6,8H2,(H,15,16). The molecule has 6 nitrogen and oxygen atoms in total. The summed E-state index contributed by atoms with van der Waals surface area (Å²) in [6.45, 7) is 0.916. The number of anilines is 1. The summed E-state index contributed by atoms with van der Waals surface area (Å²) in [6, 6.07) is 4.95. The molecule has 7 heteroatoms. The summed E-state index contributed by atoms with van der Waals surface area (Å²) in [5, 5.41) is 10.8. The zero-order valence-corrected chi connectivity index (χ0v) is 11.6. The third-order valence-corrected chi connectivity index (χ3v) is 4.10. The van der Waals surface area contributed by atoms with Crippen molar-refractivity contribution in [1.29, 1.82) is 0 Å². The highest BCUT2D eigenvalue weighted by molar-refractivity contribution is 6.18. The minimum atomic E-state index is -0.400. The Balaban J connectivity index is 1.97. The number of hydrogen-bond donors (Lipinski definition) is 1. The molecule has 1 atom stereocenters. The van der Waals surface area contributed by atoms with E-state index >= 15 is 0 Å². The fourth-order valence-electron chi connectivity index (χ4n) is 2.67. The van der Waals surface area contributed by atoms with Crippen LogP contribution in [0.1, 0.15) is 19.3 Å². The van der Waals surface area contributed by atoms with Gasteiger partial charge in [-0.2, -0.15) is 0 Å².